The highest BCUT2D eigenvalue weighted by Crippen LogP contribution is 2.16. The maximum Gasteiger partial charge on any atom is 0.321 e. The van der Waals surface area contributed by atoms with Crippen LogP contribution in [0, 0.1) is 10.1 Å². The number of rotatable bonds is 7. The summed E-state index contributed by atoms with van der Waals surface area (Å²) in [6.07, 6.45) is 0.0185. The van der Waals surface area contributed by atoms with Crippen molar-refractivity contribution in [3.8, 4) is 0 Å². The smallest absolute Gasteiger partial charge is 0.321 e. The minimum absolute atomic E-state index is 0.0185. The summed E-state index contributed by atoms with van der Waals surface area (Å²) >= 11 is 3.85. The Morgan fingerprint density at radius 2 is 1.95 bits per heavy atom. The fraction of sp³-hybridized carbons (Fsp3) is 0.300. The minimum atomic E-state index is -4.06. The van der Waals surface area contributed by atoms with E-state index < -0.39 is 27.0 Å². The van der Waals surface area contributed by atoms with Crippen LogP contribution in [0.4, 0.5) is 5.69 Å². The number of nitro groups is 1. The molecule has 10 heteroatoms. The summed E-state index contributed by atoms with van der Waals surface area (Å²) in [6, 6.07) is 2.85. The zero-order chi connectivity index (χ0) is 15.3. The minimum Gasteiger partial charge on any atom is -0.480 e. The number of nitro benzene ring substituents is 1. The van der Waals surface area contributed by atoms with E-state index in [9.17, 15) is 23.3 Å². The van der Waals surface area contributed by atoms with Gasteiger partial charge in [0.25, 0.3) is 5.69 Å². The topological polar surface area (TPSA) is 127 Å². The van der Waals surface area contributed by atoms with E-state index in [2.05, 4.69) is 12.6 Å². The zero-order valence-electron chi connectivity index (χ0n) is 10.1. The molecule has 1 rings (SSSR count). The van der Waals surface area contributed by atoms with Gasteiger partial charge >= 0.3 is 5.97 Å². The lowest BCUT2D eigenvalue weighted by molar-refractivity contribution is -0.384. The molecule has 0 aliphatic rings. The molecule has 110 valence electrons. The normalized spacial score (nSPS) is 12.8. The third-order valence-electron chi connectivity index (χ3n) is 2.37. The van der Waals surface area contributed by atoms with Crippen molar-refractivity contribution < 1.29 is 23.2 Å². The van der Waals surface area contributed by atoms with Crippen molar-refractivity contribution in [3.05, 3.63) is 34.4 Å². The number of hydrogen-bond donors (Lipinski definition) is 3. The van der Waals surface area contributed by atoms with Crippen molar-refractivity contribution in [2.75, 3.05) is 5.75 Å². The van der Waals surface area contributed by atoms with Crippen molar-refractivity contribution in [2.45, 2.75) is 17.4 Å². The van der Waals surface area contributed by atoms with Crippen LogP contribution in [0.2, 0.25) is 0 Å². The lowest BCUT2D eigenvalue weighted by Gasteiger charge is -2.13. The standard InChI is InChI=1S/C10H12N2O6S2/c13-10(14)9(5-6-19)11-20(17,18)8-3-1-7(2-4-8)12(15)16/h1-4,9,11,19H,5-6H2,(H,13,14)/t9-/m0/s1. The van der Waals surface area contributed by atoms with Gasteiger partial charge in [-0.05, 0) is 24.3 Å². The second-order valence-corrected chi connectivity index (χ2v) is 5.94. The van der Waals surface area contributed by atoms with E-state index in [0.717, 1.165) is 24.3 Å². The maximum atomic E-state index is 11.9. The molecule has 0 radical (unpaired) electrons. The molecule has 0 heterocycles. The van der Waals surface area contributed by atoms with E-state index in [4.69, 9.17) is 5.11 Å². The predicted octanol–water partition coefficient (Wildman–Crippen LogP) is 0.646. The number of carbonyl (C=O) groups is 1. The summed E-state index contributed by atoms with van der Waals surface area (Å²) in [5.41, 5.74) is -0.255. The van der Waals surface area contributed by atoms with Crippen molar-refractivity contribution in [2.24, 2.45) is 0 Å². The summed E-state index contributed by atoms with van der Waals surface area (Å²) in [4.78, 5) is 20.5. The molecular formula is C10H12N2O6S2. The maximum absolute atomic E-state index is 11.9. The van der Waals surface area contributed by atoms with Gasteiger partial charge in [0.05, 0.1) is 9.82 Å². The van der Waals surface area contributed by atoms with Gasteiger partial charge in [-0.1, -0.05) is 0 Å². The van der Waals surface area contributed by atoms with Gasteiger partial charge in [-0.25, -0.2) is 8.42 Å². The molecule has 0 spiro atoms. The van der Waals surface area contributed by atoms with Crippen LogP contribution in [0.5, 0.6) is 0 Å². The van der Waals surface area contributed by atoms with Crippen LogP contribution in [0.3, 0.4) is 0 Å². The number of carboxylic acids is 1. The van der Waals surface area contributed by atoms with Gasteiger partial charge in [0, 0.05) is 12.1 Å². The number of carboxylic acid groups (broad SMARTS) is 1. The number of aliphatic carboxylic acids is 1. The van der Waals surface area contributed by atoms with Crippen LogP contribution in [-0.4, -0.2) is 36.2 Å². The second-order valence-electron chi connectivity index (χ2n) is 3.78. The molecule has 2 N–H and O–H groups in total. The number of benzene rings is 1. The van der Waals surface area contributed by atoms with Crippen LogP contribution in [0.1, 0.15) is 6.42 Å². The number of thiol groups is 1. The highest BCUT2D eigenvalue weighted by atomic mass is 32.2. The average molecular weight is 320 g/mol. The lowest BCUT2D eigenvalue weighted by Crippen LogP contribution is -2.40. The van der Waals surface area contributed by atoms with Gasteiger partial charge in [0.1, 0.15) is 6.04 Å². The Balaban J connectivity index is 2.98. The molecule has 1 atom stereocenters. The Morgan fingerprint density at radius 3 is 2.35 bits per heavy atom. The summed E-state index contributed by atoms with van der Waals surface area (Å²) in [6.45, 7) is 0. The largest absolute Gasteiger partial charge is 0.480 e. The average Bonchev–Trinajstić information content (AvgIpc) is 2.38. The molecule has 8 nitrogen and oxygen atoms in total. The van der Waals surface area contributed by atoms with E-state index in [1.807, 2.05) is 4.72 Å². The summed E-state index contributed by atoms with van der Waals surface area (Å²) < 4.78 is 25.9. The molecule has 0 fully saturated rings. The molecule has 1 aromatic carbocycles. The third-order valence-corrected chi connectivity index (χ3v) is 4.12. The molecular weight excluding hydrogens is 308 g/mol. The van der Waals surface area contributed by atoms with Crippen LogP contribution in [-0.2, 0) is 14.8 Å². The Labute approximate surface area is 120 Å². The molecule has 0 aliphatic heterocycles. The third kappa shape index (κ3) is 4.18. The Hall–Kier alpha value is -1.65. The Kier molecular flexibility index (Phi) is 5.48. The summed E-state index contributed by atoms with van der Waals surface area (Å²) in [7, 11) is -4.06. The molecule has 0 saturated heterocycles. The molecule has 1 aromatic rings. The number of sulfonamides is 1. The fourth-order valence-corrected chi connectivity index (χ4v) is 2.85. The van der Waals surface area contributed by atoms with Crippen molar-refractivity contribution in [3.63, 3.8) is 0 Å². The van der Waals surface area contributed by atoms with Crippen LogP contribution >= 0.6 is 12.6 Å². The van der Waals surface area contributed by atoms with Gasteiger partial charge in [-0.2, -0.15) is 17.4 Å². The molecule has 0 aliphatic carbocycles. The zero-order valence-corrected chi connectivity index (χ0v) is 11.8. The van der Waals surface area contributed by atoms with E-state index in [-0.39, 0.29) is 22.8 Å². The van der Waals surface area contributed by atoms with Gasteiger partial charge in [-0.3, -0.25) is 14.9 Å². The van der Waals surface area contributed by atoms with Gasteiger partial charge < -0.3 is 5.11 Å². The van der Waals surface area contributed by atoms with Gasteiger partial charge in [0.15, 0.2) is 0 Å². The van der Waals surface area contributed by atoms with Crippen molar-refractivity contribution in [1.29, 1.82) is 0 Å². The number of non-ortho nitro benzene ring substituents is 1. The number of hydrogen-bond acceptors (Lipinski definition) is 6. The summed E-state index contributed by atoms with van der Waals surface area (Å²) in [5.74, 6) is -1.12. The van der Waals surface area contributed by atoms with Crippen molar-refractivity contribution in [1.82, 2.24) is 4.72 Å². The Morgan fingerprint density at radius 1 is 1.40 bits per heavy atom. The van der Waals surface area contributed by atoms with Crippen molar-refractivity contribution >= 4 is 34.3 Å². The SMILES string of the molecule is O=C(O)[C@H](CCS)NS(=O)(=O)c1ccc([N+](=O)[O-])cc1. The van der Waals surface area contributed by atoms with E-state index in [0.29, 0.717) is 0 Å². The molecule has 0 aromatic heterocycles. The van der Waals surface area contributed by atoms with Gasteiger partial charge in [0.2, 0.25) is 10.0 Å². The summed E-state index contributed by atoms with van der Waals surface area (Å²) in [5, 5.41) is 19.3. The van der Waals surface area contributed by atoms with E-state index in [1.54, 1.807) is 0 Å². The van der Waals surface area contributed by atoms with Crippen LogP contribution < -0.4 is 4.72 Å². The first-order valence-corrected chi connectivity index (χ1v) is 7.50. The first-order valence-electron chi connectivity index (χ1n) is 5.38. The van der Waals surface area contributed by atoms with Gasteiger partial charge in [-0.15, -0.1) is 0 Å². The molecule has 0 unspecified atom stereocenters. The van der Waals surface area contributed by atoms with Crippen LogP contribution in [0.15, 0.2) is 29.2 Å². The predicted molar refractivity (Wildman–Crippen MR) is 73.3 cm³/mol. The molecule has 0 amide bonds. The first kappa shape index (κ1) is 16.4. The number of nitrogens with zero attached hydrogens (tertiary/aromatic N) is 1. The fourth-order valence-electron chi connectivity index (χ4n) is 1.36. The lowest BCUT2D eigenvalue weighted by atomic mass is 10.2. The highest BCUT2D eigenvalue weighted by molar-refractivity contribution is 7.89. The highest BCUT2D eigenvalue weighted by Gasteiger charge is 2.25. The van der Waals surface area contributed by atoms with Crippen LogP contribution in [0.25, 0.3) is 0 Å². The second kappa shape index (κ2) is 6.68. The quantitative estimate of drug-likeness (QED) is 0.384. The monoisotopic (exact) mass is 320 g/mol. The first-order chi connectivity index (χ1) is 9.27. The number of nitrogens with one attached hydrogen (secondary N) is 1. The molecule has 0 saturated carbocycles. The Bertz CT molecular complexity index is 599. The van der Waals surface area contributed by atoms with E-state index >= 15 is 0 Å². The molecule has 20 heavy (non-hydrogen) atoms. The molecule has 0 bridgehead atoms. The van der Waals surface area contributed by atoms with E-state index in [1.165, 1.54) is 0 Å².